The average Bonchev–Trinajstić information content (AvgIpc) is 2.52. The fourth-order valence-electron chi connectivity index (χ4n) is 1.79. The van der Waals surface area contributed by atoms with Crippen molar-refractivity contribution in [2.24, 2.45) is 0 Å². The molecule has 0 heterocycles. The summed E-state index contributed by atoms with van der Waals surface area (Å²) in [5.41, 5.74) is 2.24. The maximum absolute atomic E-state index is 11.7. The minimum Gasteiger partial charge on any atom is -0.482 e. The Hall–Kier alpha value is -2.51. The zero-order valence-electron chi connectivity index (χ0n) is 12.0. The van der Waals surface area contributed by atoms with E-state index in [0.29, 0.717) is 16.3 Å². The zero-order chi connectivity index (χ0) is 15.9. The van der Waals surface area contributed by atoms with Gasteiger partial charge in [-0.2, -0.15) is 5.26 Å². The Morgan fingerprint density at radius 1 is 1.23 bits per heavy atom. The number of esters is 1. The summed E-state index contributed by atoms with van der Waals surface area (Å²) in [6, 6.07) is 14.1. The number of carbonyl (C=O) groups is 1. The Balaban J connectivity index is 1.81. The Kier molecular flexibility index (Phi) is 5.40. The minimum absolute atomic E-state index is 0.146. The van der Waals surface area contributed by atoms with E-state index >= 15 is 0 Å². The molecule has 0 atom stereocenters. The first-order valence-corrected chi connectivity index (χ1v) is 7.00. The highest BCUT2D eigenvalue weighted by molar-refractivity contribution is 6.30. The Morgan fingerprint density at radius 3 is 2.59 bits per heavy atom. The maximum Gasteiger partial charge on any atom is 0.344 e. The van der Waals surface area contributed by atoms with Crippen LogP contribution in [0, 0.1) is 18.3 Å². The number of nitriles is 1. The number of hydrogen-bond donors (Lipinski definition) is 0. The summed E-state index contributed by atoms with van der Waals surface area (Å²) >= 11 is 5.85. The summed E-state index contributed by atoms with van der Waals surface area (Å²) < 4.78 is 10.5. The molecule has 0 N–H and O–H groups in total. The molecule has 0 fully saturated rings. The Labute approximate surface area is 133 Å². The average molecular weight is 316 g/mol. The van der Waals surface area contributed by atoms with Gasteiger partial charge in [0.2, 0.25) is 0 Å². The van der Waals surface area contributed by atoms with Crippen LogP contribution in [0.2, 0.25) is 5.02 Å². The van der Waals surface area contributed by atoms with E-state index in [9.17, 15) is 4.79 Å². The van der Waals surface area contributed by atoms with Crippen molar-refractivity contribution in [3.05, 3.63) is 64.2 Å². The third-order valence-electron chi connectivity index (χ3n) is 2.97. The summed E-state index contributed by atoms with van der Waals surface area (Å²) in [5.74, 6) is 0.137. The Bertz CT molecular complexity index is 705. The first kappa shape index (κ1) is 15.9. The second-order valence-corrected chi connectivity index (χ2v) is 5.10. The molecule has 5 heteroatoms. The standard InChI is InChI=1S/C17H14ClNO3/c1-12-8-15(18)6-7-16(12)21-11-17(20)22-10-14-4-2-13(9-19)3-5-14/h2-8H,10-11H2,1H3. The fourth-order valence-corrected chi connectivity index (χ4v) is 2.02. The summed E-state index contributed by atoms with van der Waals surface area (Å²) in [6.45, 7) is 1.83. The van der Waals surface area contributed by atoms with E-state index in [2.05, 4.69) is 0 Å². The molecular formula is C17H14ClNO3. The van der Waals surface area contributed by atoms with Gasteiger partial charge in [0.05, 0.1) is 11.6 Å². The predicted octanol–water partition coefficient (Wildman–Crippen LogP) is 3.64. The molecule has 0 aliphatic carbocycles. The number of halogens is 1. The highest BCUT2D eigenvalue weighted by Gasteiger charge is 2.07. The van der Waals surface area contributed by atoms with Crippen molar-refractivity contribution in [1.29, 1.82) is 5.26 Å². The van der Waals surface area contributed by atoms with Gasteiger partial charge in [-0.15, -0.1) is 0 Å². The fraction of sp³-hybridized carbons (Fsp3) is 0.176. The van der Waals surface area contributed by atoms with Crippen LogP contribution in [0.25, 0.3) is 0 Å². The van der Waals surface area contributed by atoms with Crippen molar-refractivity contribution in [3.8, 4) is 11.8 Å². The van der Waals surface area contributed by atoms with Gasteiger partial charge in [-0.05, 0) is 48.4 Å². The minimum atomic E-state index is -0.460. The molecule has 0 radical (unpaired) electrons. The molecule has 0 aliphatic heterocycles. The molecule has 0 spiro atoms. The predicted molar refractivity (Wildman–Crippen MR) is 82.6 cm³/mol. The molecule has 2 aromatic carbocycles. The second-order valence-electron chi connectivity index (χ2n) is 4.67. The molecule has 0 saturated carbocycles. The van der Waals surface area contributed by atoms with Crippen molar-refractivity contribution in [2.45, 2.75) is 13.5 Å². The van der Waals surface area contributed by atoms with Gasteiger partial charge >= 0.3 is 5.97 Å². The molecule has 0 bridgehead atoms. The molecular weight excluding hydrogens is 302 g/mol. The van der Waals surface area contributed by atoms with Crippen molar-refractivity contribution in [2.75, 3.05) is 6.61 Å². The van der Waals surface area contributed by atoms with Crippen LogP contribution in [0.1, 0.15) is 16.7 Å². The highest BCUT2D eigenvalue weighted by atomic mass is 35.5. The first-order valence-electron chi connectivity index (χ1n) is 6.62. The van der Waals surface area contributed by atoms with E-state index in [1.165, 1.54) is 0 Å². The number of carbonyl (C=O) groups excluding carboxylic acids is 1. The van der Waals surface area contributed by atoms with E-state index in [-0.39, 0.29) is 13.2 Å². The molecule has 0 amide bonds. The van der Waals surface area contributed by atoms with Gasteiger partial charge < -0.3 is 9.47 Å². The molecule has 2 rings (SSSR count). The number of nitrogens with zero attached hydrogens (tertiary/aromatic N) is 1. The van der Waals surface area contributed by atoms with Crippen LogP contribution < -0.4 is 4.74 Å². The molecule has 0 saturated heterocycles. The summed E-state index contributed by atoms with van der Waals surface area (Å²) in [7, 11) is 0. The van der Waals surface area contributed by atoms with Crippen molar-refractivity contribution >= 4 is 17.6 Å². The van der Waals surface area contributed by atoms with Crippen LogP contribution >= 0.6 is 11.6 Å². The molecule has 0 unspecified atom stereocenters. The van der Waals surface area contributed by atoms with E-state index < -0.39 is 5.97 Å². The number of benzene rings is 2. The monoisotopic (exact) mass is 315 g/mol. The lowest BCUT2D eigenvalue weighted by Gasteiger charge is -2.09. The van der Waals surface area contributed by atoms with Crippen molar-refractivity contribution in [1.82, 2.24) is 0 Å². The number of aryl methyl sites for hydroxylation is 1. The van der Waals surface area contributed by atoms with Gasteiger partial charge in [0.1, 0.15) is 12.4 Å². The van der Waals surface area contributed by atoms with Crippen LogP contribution in [0.4, 0.5) is 0 Å². The number of ether oxygens (including phenoxy) is 2. The van der Waals surface area contributed by atoms with E-state index in [4.69, 9.17) is 26.3 Å². The quantitative estimate of drug-likeness (QED) is 0.790. The van der Waals surface area contributed by atoms with Crippen molar-refractivity contribution in [3.63, 3.8) is 0 Å². The zero-order valence-corrected chi connectivity index (χ0v) is 12.8. The smallest absolute Gasteiger partial charge is 0.344 e. The van der Waals surface area contributed by atoms with Crippen LogP contribution in [-0.4, -0.2) is 12.6 Å². The lowest BCUT2D eigenvalue weighted by atomic mass is 10.2. The number of rotatable bonds is 5. The lowest BCUT2D eigenvalue weighted by molar-refractivity contribution is -0.147. The van der Waals surface area contributed by atoms with Gasteiger partial charge in [-0.1, -0.05) is 23.7 Å². The summed E-state index contributed by atoms with van der Waals surface area (Å²) in [5, 5.41) is 9.32. The van der Waals surface area contributed by atoms with Gasteiger partial charge in [0.25, 0.3) is 0 Å². The Morgan fingerprint density at radius 2 is 1.95 bits per heavy atom. The van der Waals surface area contributed by atoms with Crippen LogP contribution in [0.3, 0.4) is 0 Å². The summed E-state index contributed by atoms with van der Waals surface area (Å²) in [4.78, 5) is 11.7. The number of hydrogen-bond acceptors (Lipinski definition) is 4. The second kappa shape index (κ2) is 7.48. The third-order valence-corrected chi connectivity index (χ3v) is 3.20. The van der Waals surface area contributed by atoms with Gasteiger partial charge in [-0.25, -0.2) is 4.79 Å². The van der Waals surface area contributed by atoms with Gasteiger partial charge in [0.15, 0.2) is 6.61 Å². The van der Waals surface area contributed by atoms with Crippen LogP contribution in [0.15, 0.2) is 42.5 Å². The molecule has 0 aliphatic rings. The maximum atomic E-state index is 11.7. The van der Waals surface area contributed by atoms with Crippen LogP contribution in [-0.2, 0) is 16.1 Å². The summed E-state index contributed by atoms with van der Waals surface area (Å²) in [6.07, 6.45) is 0. The van der Waals surface area contributed by atoms with Crippen LogP contribution in [0.5, 0.6) is 5.75 Å². The topological polar surface area (TPSA) is 59.3 Å². The third kappa shape index (κ3) is 4.51. The lowest BCUT2D eigenvalue weighted by Crippen LogP contribution is -2.15. The molecule has 0 aromatic heterocycles. The van der Waals surface area contributed by atoms with Gasteiger partial charge in [-0.3, -0.25) is 0 Å². The van der Waals surface area contributed by atoms with Gasteiger partial charge in [0, 0.05) is 5.02 Å². The van der Waals surface area contributed by atoms with E-state index in [1.807, 2.05) is 13.0 Å². The SMILES string of the molecule is Cc1cc(Cl)ccc1OCC(=O)OCc1ccc(C#N)cc1. The normalized spacial score (nSPS) is 9.86. The molecule has 2 aromatic rings. The molecule has 4 nitrogen and oxygen atoms in total. The largest absolute Gasteiger partial charge is 0.482 e. The highest BCUT2D eigenvalue weighted by Crippen LogP contribution is 2.21. The molecule has 112 valence electrons. The van der Waals surface area contributed by atoms with E-state index in [1.54, 1.807) is 42.5 Å². The van der Waals surface area contributed by atoms with Crippen molar-refractivity contribution < 1.29 is 14.3 Å². The van der Waals surface area contributed by atoms with E-state index in [0.717, 1.165) is 11.1 Å². The first-order chi connectivity index (χ1) is 10.6. The molecule has 22 heavy (non-hydrogen) atoms.